The Morgan fingerprint density at radius 1 is 0.650 bits per heavy atom. The Morgan fingerprint density at radius 2 is 1.20 bits per heavy atom. The number of benzene rings is 6. The van der Waals surface area contributed by atoms with Crippen LogP contribution in [0.5, 0.6) is 11.5 Å². The maximum Gasteiger partial charge on any atom is 0.246 e. The van der Waals surface area contributed by atoms with Crippen molar-refractivity contribution in [3.05, 3.63) is 197 Å². The van der Waals surface area contributed by atoms with E-state index in [-0.39, 0.29) is 43.7 Å². The first kappa shape index (κ1) is 60.5. The van der Waals surface area contributed by atoms with E-state index in [1.54, 1.807) is 60.7 Å². The minimum Gasteiger partial charge on any atom is -0.508 e. The van der Waals surface area contributed by atoms with Crippen molar-refractivity contribution in [2.75, 3.05) is 19.7 Å². The van der Waals surface area contributed by atoms with Crippen molar-refractivity contribution in [2.24, 2.45) is 5.73 Å². The van der Waals surface area contributed by atoms with Crippen LogP contribution in [-0.4, -0.2) is 118 Å². The molecule has 80 heavy (non-hydrogen) atoms. The number of phenols is 2. The Bertz CT molecular complexity index is 3100. The maximum absolute atomic E-state index is 15.1. The lowest BCUT2D eigenvalue weighted by molar-refractivity contribution is -0.142. The van der Waals surface area contributed by atoms with Crippen molar-refractivity contribution in [1.82, 2.24) is 36.8 Å². The number of aliphatic hydroxyl groups is 1. The Hall–Kier alpha value is -7.12. The van der Waals surface area contributed by atoms with Crippen molar-refractivity contribution in [2.45, 2.75) is 80.8 Å². The molecule has 0 unspecified atom stereocenters. The van der Waals surface area contributed by atoms with Gasteiger partial charge >= 0.3 is 0 Å². The summed E-state index contributed by atoms with van der Waals surface area (Å²) in [6.07, 6.45) is 0.621. The van der Waals surface area contributed by atoms with Gasteiger partial charge in [0.15, 0.2) is 0 Å². The van der Waals surface area contributed by atoms with E-state index in [1.807, 2.05) is 124 Å². The number of primary amides is 1. The average molecular weight is 1330 g/mol. The number of rotatable bonds is 24. The maximum atomic E-state index is 15.1. The fraction of sp³-hybridized carbons (Fsp3) is 0.271. The van der Waals surface area contributed by atoms with Crippen LogP contribution in [0.2, 0.25) is 5.02 Å². The van der Waals surface area contributed by atoms with Crippen molar-refractivity contribution >= 4 is 98.1 Å². The molecule has 1 saturated heterocycles. The highest BCUT2D eigenvalue weighted by atomic mass is 127. The van der Waals surface area contributed by atoms with Gasteiger partial charge in [0, 0.05) is 24.4 Å². The lowest BCUT2D eigenvalue weighted by Crippen LogP contribution is -2.59. The lowest BCUT2D eigenvalue weighted by Gasteiger charge is -2.40. The van der Waals surface area contributed by atoms with Crippen LogP contribution in [0.1, 0.15) is 53.1 Å². The number of carbonyl (C=O) groups excluding carboxylic acids is 7. The largest absolute Gasteiger partial charge is 0.508 e. The van der Waals surface area contributed by atoms with E-state index in [4.69, 9.17) is 17.3 Å². The van der Waals surface area contributed by atoms with Gasteiger partial charge in [-0.1, -0.05) is 133 Å². The third kappa shape index (κ3) is 15.4. The number of nitrogens with two attached hydrogens (primary N) is 1. The van der Waals surface area contributed by atoms with Crippen LogP contribution >= 0.6 is 56.8 Å². The number of nitrogens with one attached hydrogen (secondary N) is 6. The van der Waals surface area contributed by atoms with Crippen LogP contribution in [-0.2, 0) is 58.4 Å². The fourth-order valence-electron chi connectivity index (χ4n) is 9.62. The Morgan fingerprint density at radius 3 is 1.79 bits per heavy atom. The van der Waals surface area contributed by atoms with Gasteiger partial charge in [0.2, 0.25) is 41.4 Å². The molecule has 6 atom stereocenters. The van der Waals surface area contributed by atoms with Gasteiger partial charge in [-0.3, -0.25) is 38.9 Å². The second-order valence-corrected chi connectivity index (χ2v) is 22.0. The number of amides is 7. The van der Waals surface area contributed by atoms with Crippen LogP contribution in [0.15, 0.2) is 152 Å². The zero-order valence-corrected chi connectivity index (χ0v) is 48.5. The average Bonchev–Trinajstić information content (AvgIpc) is 4.11. The standard InChI is InChI=1S/C59H61ClI2N8O10/c1-35(65-56(78)47(32-38-28-44(61)52(74)45(62)29-38)69-59(39-16-7-3-8-17-39,40-18-9-4-10-19-40)42-20-11-12-21-43(42)60)54(76)67-46(30-36-14-5-2-6-15-36)55(77)64-33-51(73)66-48(31-37-23-25-41(72)26-24-37)58(80)70-27-13-22-50(70)57(79)68-49(34-71)53(63)75/h2-12,14-21,23-26,28-29,35,46-50,69,71-72,74H,13,22,27,30-34H2,1H3,(H2,63,75)(H,64,77)(H,65,78)(H,66,73)(H,67,76)(H,68,79)/t35-,46+,47+,48+,49+,50+/m1/s1. The summed E-state index contributed by atoms with van der Waals surface area (Å²) < 4.78 is 1.14. The number of phenolic OH excluding ortho intramolecular Hbond substituents is 2. The minimum absolute atomic E-state index is 0.0230. The van der Waals surface area contributed by atoms with Gasteiger partial charge < -0.3 is 52.5 Å². The Labute approximate surface area is 495 Å². The molecule has 1 heterocycles. The SMILES string of the molecule is C[C@@H](NC(=O)[C@H](Cc1cc(I)c(O)c(I)c1)NC(c1ccccc1)(c1ccccc1)c1ccccc1Cl)C(=O)N[C@@H](Cc1ccccc1)C(=O)NCC(=O)N[C@@H](Cc1ccc(O)cc1)C(=O)N1CCC[C@H]1C(=O)N[C@@H](CO)C(N)=O. The van der Waals surface area contributed by atoms with E-state index < -0.39 is 96.3 Å². The molecule has 1 fully saturated rings. The molecule has 6 aromatic carbocycles. The first-order valence-electron chi connectivity index (χ1n) is 25.7. The number of carbonyl (C=O) groups is 7. The quantitative estimate of drug-likeness (QED) is 0.0298. The molecule has 0 spiro atoms. The number of hydrogen-bond donors (Lipinski definition) is 10. The molecule has 1 aliphatic rings. The third-order valence-corrected chi connectivity index (χ3v) is 15.7. The van der Waals surface area contributed by atoms with Gasteiger partial charge in [-0.25, -0.2) is 0 Å². The van der Waals surface area contributed by atoms with Gasteiger partial charge in [0.25, 0.3) is 0 Å². The first-order valence-corrected chi connectivity index (χ1v) is 28.2. The van der Waals surface area contributed by atoms with Crippen LogP contribution in [0.3, 0.4) is 0 Å². The molecule has 0 bridgehead atoms. The summed E-state index contributed by atoms with van der Waals surface area (Å²) >= 11 is 11.2. The fourth-order valence-corrected chi connectivity index (χ4v) is 11.8. The summed E-state index contributed by atoms with van der Waals surface area (Å²) in [6, 6.07) is 37.5. The monoisotopic (exact) mass is 1330 g/mol. The van der Waals surface area contributed by atoms with Crippen LogP contribution < -0.4 is 37.6 Å². The molecule has 1 aliphatic heterocycles. The molecule has 7 amide bonds. The summed E-state index contributed by atoms with van der Waals surface area (Å²) in [5.41, 5.74) is 8.17. The molecule has 7 rings (SSSR count). The molecule has 0 aromatic heterocycles. The highest BCUT2D eigenvalue weighted by Crippen LogP contribution is 2.41. The minimum atomic E-state index is -1.38. The van der Waals surface area contributed by atoms with Gasteiger partial charge in [-0.05, 0) is 135 Å². The lowest BCUT2D eigenvalue weighted by atomic mass is 9.76. The van der Waals surface area contributed by atoms with Crippen LogP contribution in [0.25, 0.3) is 0 Å². The summed E-state index contributed by atoms with van der Waals surface area (Å²) in [5, 5.41) is 47.7. The Balaban J connectivity index is 1.12. The summed E-state index contributed by atoms with van der Waals surface area (Å²) in [7, 11) is 0. The Kier molecular flexibility index (Phi) is 21.4. The molecular formula is C59H61ClI2N8O10. The summed E-state index contributed by atoms with van der Waals surface area (Å²) in [4.78, 5) is 98.1. The molecule has 0 aliphatic carbocycles. The normalized spacial score (nSPS) is 15.1. The zero-order valence-electron chi connectivity index (χ0n) is 43.4. The van der Waals surface area contributed by atoms with Crippen molar-refractivity contribution in [3.8, 4) is 11.5 Å². The van der Waals surface area contributed by atoms with E-state index in [0.29, 0.717) is 40.8 Å². The predicted molar refractivity (Wildman–Crippen MR) is 318 cm³/mol. The molecule has 18 nitrogen and oxygen atoms in total. The molecule has 418 valence electrons. The van der Waals surface area contributed by atoms with E-state index in [2.05, 4.69) is 31.9 Å². The summed E-state index contributed by atoms with van der Waals surface area (Å²) in [6.45, 7) is 0.218. The number of aromatic hydroxyl groups is 2. The third-order valence-electron chi connectivity index (χ3n) is 13.7. The number of likely N-dealkylation sites (tertiary alicyclic amines) is 1. The van der Waals surface area contributed by atoms with Crippen LogP contribution in [0, 0.1) is 7.14 Å². The van der Waals surface area contributed by atoms with Gasteiger partial charge in [0.1, 0.15) is 41.7 Å². The van der Waals surface area contributed by atoms with Crippen molar-refractivity contribution < 1.29 is 48.9 Å². The molecular weight excluding hydrogens is 1270 g/mol. The van der Waals surface area contributed by atoms with Crippen molar-refractivity contribution in [1.29, 1.82) is 0 Å². The van der Waals surface area contributed by atoms with Gasteiger partial charge in [-0.2, -0.15) is 0 Å². The summed E-state index contributed by atoms with van der Waals surface area (Å²) in [5.74, 6) is -5.09. The second-order valence-electron chi connectivity index (χ2n) is 19.3. The molecule has 11 N–H and O–H groups in total. The molecule has 21 heteroatoms. The van der Waals surface area contributed by atoms with E-state index in [9.17, 15) is 44.1 Å². The van der Waals surface area contributed by atoms with E-state index >= 15 is 4.79 Å². The molecule has 0 radical (unpaired) electrons. The predicted octanol–water partition coefficient (Wildman–Crippen LogP) is 4.48. The number of aliphatic hydroxyl groups excluding tert-OH is 1. The first-order chi connectivity index (χ1) is 38.4. The smallest absolute Gasteiger partial charge is 0.246 e. The zero-order chi connectivity index (χ0) is 57.5. The van der Waals surface area contributed by atoms with E-state index in [1.165, 1.54) is 24.0 Å². The number of hydrogen-bond acceptors (Lipinski definition) is 11. The highest BCUT2D eigenvalue weighted by Gasteiger charge is 2.43. The second kappa shape index (κ2) is 28.3. The number of halogens is 3. The van der Waals surface area contributed by atoms with Gasteiger partial charge in [-0.15, -0.1) is 0 Å². The molecule has 6 aromatic rings. The topological polar surface area (TPSA) is 282 Å². The van der Waals surface area contributed by atoms with Crippen molar-refractivity contribution in [3.63, 3.8) is 0 Å². The number of nitrogens with zero attached hydrogens (tertiary/aromatic N) is 1. The molecule has 0 saturated carbocycles. The van der Waals surface area contributed by atoms with Crippen LogP contribution in [0.4, 0.5) is 0 Å². The van der Waals surface area contributed by atoms with E-state index in [0.717, 1.165) is 11.1 Å². The van der Waals surface area contributed by atoms with Gasteiger partial charge in [0.05, 0.1) is 31.9 Å². The highest BCUT2D eigenvalue weighted by molar-refractivity contribution is 14.1.